The number of aliphatic carboxylic acids is 1. The van der Waals surface area contributed by atoms with Gasteiger partial charge in [-0.2, -0.15) is 0 Å². The molecule has 9 nitrogen and oxygen atoms in total. The normalized spacial score (nSPS) is 12.8. The van der Waals surface area contributed by atoms with Crippen LogP contribution in [-0.4, -0.2) is 53.1 Å². The lowest BCUT2D eigenvalue weighted by Gasteiger charge is -2.21. The molecule has 0 aliphatic carbocycles. The van der Waals surface area contributed by atoms with Crippen LogP contribution in [0.5, 0.6) is 0 Å². The van der Waals surface area contributed by atoms with Crippen molar-refractivity contribution in [3.63, 3.8) is 0 Å². The molecule has 0 aliphatic heterocycles. The lowest BCUT2D eigenvalue weighted by Crippen LogP contribution is -2.53. The monoisotopic (exact) mass is 386 g/mol. The molecule has 10 heteroatoms. The molecule has 148 valence electrons. The van der Waals surface area contributed by atoms with Crippen molar-refractivity contribution in [1.82, 2.24) is 15.6 Å². The zero-order chi connectivity index (χ0) is 20.7. The number of H-pyrrole nitrogens is 1. The van der Waals surface area contributed by atoms with Gasteiger partial charge >= 0.3 is 5.97 Å². The molecule has 1 aromatic heterocycles. The number of hydrogen-bond acceptors (Lipinski definition) is 4. The van der Waals surface area contributed by atoms with Crippen molar-refractivity contribution >= 4 is 41.9 Å². The van der Waals surface area contributed by atoms with Gasteiger partial charge in [0, 0.05) is 29.8 Å². The average molecular weight is 386 g/mol. The van der Waals surface area contributed by atoms with Crippen molar-refractivity contribution in [3.8, 4) is 0 Å². The molecule has 2 aromatic rings. The summed E-state index contributed by atoms with van der Waals surface area (Å²) in [5.74, 6) is -3.23. The maximum atomic E-state index is 12.7. The Hall–Kier alpha value is -3.30. The van der Waals surface area contributed by atoms with Crippen LogP contribution in [0.1, 0.15) is 12.0 Å². The van der Waals surface area contributed by atoms with Crippen molar-refractivity contribution < 1.29 is 24.3 Å². The molecule has 1 heterocycles. The molecule has 28 heavy (non-hydrogen) atoms. The fraction of sp³-hybridized carbons (Fsp3) is 0.333. The maximum absolute atomic E-state index is 12.7. The van der Waals surface area contributed by atoms with Crippen LogP contribution < -0.4 is 16.4 Å². The number of carbonyl (C=O) groups excluding carboxylic acids is 3. The number of hydrogen-bond donors (Lipinski definition) is 5. The summed E-state index contributed by atoms with van der Waals surface area (Å²) in [6.45, 7) is 1.83. The number of primary amides is 1. The molecule has 0 saturated heterocycles. The first-order valence-electron chi connectivity index (χ1n) is 8.97. The van der Waals surface area contributed by atoms with E-state index in [-0.39, 0.29) is 18.6 Å². The second-order valence-electron chi connectivity index (χ2n) is 6.50. The number of amides is 3. The zero-order valence-corrected chi connectivity index (χ0v) is 15.5. The van der Waals surface area contributed by atoms with E-state index in [4.69, 9.17) is 5.73 Å². The number of nitrogens with one attached hydrogen (secondary N) is 3. The van der Waals surface area contributed by atoms with Crippen molar-refractivity contribution in [2.24, 2.45) is 5.73 Å². The number of rotatable bonds is 10. The summed E-state index contributed by atoms with van der Waals surface area (Å²) in [5.41, 5.74) is 6.73. The molecule has 1 aromatic carbocycles. The van der Waals surface area contributed by atoms with E-state index in [1.54, 1.807) is 6.20 Å². The quantitative estimate of drug-likeness (QED) is 0.350. The summed E-state index contributed by atoms with van der Waals surface area (Å²) in [5, 5.41) is 15.0. The van der Waals surface area contributed by atoms with Gasteiger partial charge in [-0.25, -0.2) is 4.79 Å². The van der Waals surface area contributed by atoms with E-state index >= 15 is 0 Å². The van der Waals surface area contributed by atoms with Crippen LogP contribution >= 0.6 is 0 Å². The van der Waals surface area contributed by atoms with Gasteiger partial charge in [0.2, 0.25) is 17.7 Å². The van der Waals surface area contributed by atoms with Gasteiger partial charge < -0.3 is 26.5 Å². The third kappa shape index (κ3) is 5.60. The third-order valence-corrected chi connectivity index (χ3v) is 4.25. The molecule has 2 atom stereocenters. The molecule has 6 N–H and O–H groups in total. The van der Waals surface area contributed by atoms with Gasteiger partial charge in [0.05, 0.1) is 6.42 Å². The largest absolute Gasteiger partial charge is 0.480 e. The highest BCUT2D eigenvalue weighted by Gasteiger charge is 2.28. The van der Waals surface area contributed by atoms with Gasteiger partial charge in [-0.3, -0.25) is 14.4 Å². The van der Waals surface area contributed by atoms with Gasteiger partial charge in [-0.15, -0.1) is 0 Å². The van der Waals surface area contributed by atoms with E-state index in [0.29, 0.717) is 7.28 Å². The van der Waals surface area contributed by atoms with Crippen molar-refractivity contribution in [2.45, 2.75) is 38.1 Å². The molecule has 0 aliphatic rings. The number of carboxylic acid groups (broad SMARTS) is 1. The van der Waals surface area contributed by atoms with Gasteiger partial charge in [0.15, 0.2) is 0 Å². The minimum absolute atomic E-state index is 0.161. The van der Waals surface area contributed by atoms with E-state index in [1.165, 1.54) is 0 Å². The number of fused-ring (bicyclic) bond motifs is 1. The van der Waals surface area contributed by atoms with Crippen LogP contribution in [0.15, 0.2) is 30.5 Å². The summed E-state index contributed by atoms with van der Waals surface area (Å²) in [4.78, 5) is 50.2. The Bertz CT molecular complexity index is 882. The Morgan fingerprint density at radius 3 is 2.54 bits per heavy atom. The molecular weight excluding hydrogens is 363 g/mol. The topological polar surface area (TPSA) is 154 Å². The third-order valence-electron chi connectivity index (χ3n) is 4.25. The number of aromatic amines is 1. The van der Waals surface area contributed by atoms with E-state index in [2.05, 4.69) is 15.6 Å². The maximum Gasteiger partial charge on any atom is 0.326 e. The first kappa shape index (κ1) is 21.0. The smallest absolute Gasteiger partial charge is 0.326 e. The standard InChI is InChI=1S/C18H23BN4O5/c1-19-8-16(25)22-13(17(26)23-14(18(27)28)7-15(20)24)6-10-9-21-12-5-3-2-4-11(10)12/h2-5,9,13-14,19,21H,6-8H2,1H3,(H2,20,24)(H,22,25)(H,23,26)(H,27,28)/t13-,14-/m0/s1. The number of para-hydroxylation sites is 1. The Morgan fingerprint density at radius 2 is 1.89 bits per heavy atom. The Balaban J connectivity index is 2.22. The molecular formula is C18H23BN4O5. The lowest BCUT2D eigenvalue weighted by molar-refractivity contribution is -0.143. The summed E-state index contributed by atoms with van der Waals surface area (Å²) in [7, 11) is 0.604. The molecule has 0 spiro atoms. The zero-order valence-electron chi connectivity index (χ0n) is 15.5. The Labute approximate surface area is 162 Å². The molecule has 0 bridgehead atoms. The van der Waals surface area contributed by atoms with Crippen molar-refractivity contribution in [2.75, 3.05) is 0 Å². The minimum Gasteiger partial charge on any atom is -0.480 e. The second-order valence-corrected chi connectivity index (χ2v) is 6.50. The van der Waals surface area contributed by atoms with Crippen molar-refractivity contribution in [1.29, 1.82) is 0 Å². The molecule has 0 unspecified atom stereocenters. The highest BCUT2D eigenvalue weighted by molar-refractivity contribution is 6.39. The van der Waals surface area contributed by atoms with E-state index in [1.807, 2.05) is 31.1 Å². The molecule has 0 saturated carbocycles. The van der Waals surface area contributed by atoms with Gasteiger partial charge in [-0.1, -0.05) is 25.0 Å². The van der Waals surface area contributed by atoms with Gasteiger partial charge in [-0.05, 0) is 11.6 Å². The number of aromatic nitrogens is 1. The van der Waals surface area contributed by atoms with E-state index in [9.17, 15) is 24.3 Å². The summed E-state index contributed by atoms with van der Waals surface area (Å²) in [6.07, 6.45) is 1.61. The van der Waals surface area contributed by atoms with Gasteiger partial charge in [0.25, 0.3) is 0 Å². The summed E-state index contributed by atoms with van der Waals surface area (Å²) < 4.78 is 0. The molecule has 2 rings (SSSR count). The first-order valence-corrected chi connectivity index (χ1v) is 8.97. The fourth-order valence-corrected chi connectivity index (χ4v) is 2.90. The predicted molar refractivity (Wildman–Crippen MR) is 105 cm³/mol. The average Bonchev–Trinajstić information content (AvgIpc) is 3.03. The van der Waals surface area contributed by atoms with E-state index < -0.39 is 36.3 Å². The number of benzene rings is 1. The molecule has 0 radical (unpaired) electrons. The van der Waals surface area contributed by atoms with Crippen LogP contribution in [0.3, 0.4) is 0 Å². The minimum atomic E-state index is -1.46. The summed E-state index contributed by atoms with van der Waals surface area (Å²) in [6, 6.07) is 5.05. The SMILES string of the molecule is CBCC(=O)N[C@@H](Cc1c[nH]c2ccccc12)C(=O)N[C@@H](CC(N)=O)C(=O)O. The van der Waals surface area contributed by atoms with Crippen molar-refractivity contribution in [3.05, 3.63) is 36.0 Å². The number of carboxylic acids is 1. The number of nitrogens with two attached hydrogens (primary N) is 1. The Kier molecular flexibility index (Phi) is 7.19. The molecule has 0 fully saturated rings. The lowest BCUT2D eigenvalue weighted by atomic mass is 9.78. The van der Waals surface area contributed by atoms with E-state index in [0.717, 1.165) is 16.5 Å². The molecule has 3 amide bonds. The van der Waals surface area contributed by atoms with Crippen LogP contribution in [0, 0.1) is 0 Å². The fourth-order valence-electron chi connectivity index (χ4n) is 2.90. The Morgan fingerprint density at radius 1 is 1.18 bits per heavy atom. The van der Waals surface area contributed by atoms with Crippen LogP contribution in [-0.2, 0) is 25.6 Å². The number of carbonyl (C=O) groups is 4. The second kappa shape index (κ2) is 9.59. The van der Waals surface area contributed by atoms with Crippen LogP contribution in [0.2, 0.25) is 13.1 Å². The predicted octanol–water partition coefficient (Wildman–Crippen LogP) is -0.457. The summed E-state index contributed by atoms with van der Waals surface area (Å²) >= 11 is 0. The van der Waals surface area contributed by atoms with Crippen LogP contribution in [0.4, 0.5) is 0 Å². The van der Waals surface area contributed by atoms with Gasteiger partial charge in [0.1, 0.15) is 19.4 Å². The highest BCUT2D eigenvalue weighted by atomic mass is 16.4. The van der Waals surface area contributed by atoms with Crippen LogP contribution in [0.25, 0.3) is 10.9 Å². The first-order chi connectivity index (χ1) is 13.3. The highest BCUT2D eigenvalue weighted by Crippen LogP contribution is 2.19.